The van der Waals surface area contributed by atoms with E-state index < -0.39 is 0 Å². The third-order valence-corrected chi connectivity index (χ3v) is 4.60. The first-order chi connectivity index (χ1) is 9.61. The van der Waals surface area contributed by atoms with Crippen LogP contribution < -0.4 is 10.6 Å². The van der Waals surface area contributed by atoms with Gasteiger partial charge in [-0.1, -0.05) is 13.0 Å². The van der Waals surface area contributed by atoms with E-state index in [2.05, 4.69) is 17.6 Å². The molecule has 1 saturated heterocycles. The normalized spacial score (nSPS) is 23.3. The maximum Gasteiger partial charge on any atom is 0.307 e. The molecule has 0 aliphatic carbocycles. The minimum atomic E-state index is -0.323. The van der Waals surface area contributed by atoms with Crippen molar-refractivity contribution in [2.45, 2.75) is 31.8 Å². The van der Waals surface area contributed by atoms with Gasteiger partial charge in [0.1, 0.15) is 0 Å². The summed E-state index contributed by atoms with van der Waals surface area (Å²) in [5, 5.41) is 8.10. The molecule has 2 heterocycles. The second kappa shape index (κ2) is 6.85. The molecule has 1 aromatic rings. The van der Waals surface area contributed by atoms with Crippen molar-refractivity contribution in [3.63, 3.8) is 0 Å². The van der Waals surface area contributed by atoms with E-state index >= 15 is 0 Å². The lowest BCUT2D eigenvalue weighted by molar-refractivity contribution is -0.141. The van der Waals surface area contributed by atoms with Gasteiger partial charge < -0.3 is 15.4 Å². The summed E-state index contributed by atoms with van der Waals surface area (Å²) in [5.41, 5.74) is 0. The second-order valence-corrected chi connectivity index (χ2v) is 6.03. The number of hydrogen-bond donors (Lipinski definition) is 2. The summed E-state index contributed by atoms with van der Waals surface area (Å²) in [5.74, 6) is -0.0504. The van der Waals surface area contributed by atoms with Crippen LogP contribution >= 0.6 is 11.3 Å². The molecule has 5 nitrogen and oxygen atoms in total. The molecule has 1 amide bonds. The van der Waals surface area contributed by atoms with Crippen LogP contribution in [0.1, 0.15) is 30.7 Å². The van der Waals surface area contributed by atoms with Crippen molar-refractivity contribution in [1.82, 2.24) is 10.6 Å². The Morgan fingerprint density at radius 3 is 2.95 bits per heavy atom. The highest BCUT2D eigenvalue weighted by Crippen LogP contribution is 2.23. The summed E-state index contributed by atoms with van der Waals surface area (Å²) in [6, 6.07) is 3.34. The monoisotopic (exact) mass is 296 g/mol. The van der Waals surface area contributed by atoms with Crippen LogP contribution in [-0.2, 0) is 14.3 Å². The van der Waals surface area contributed by atoms with E-state index in [9.17, 15) is 9.59 Å². The average Bonchev–Trinajstić information content (AvgIpc) is 3.08. The van der Waals surface area contributed by atoms with Gasteiger partial charge in [-0.25, -0.2) is 0 Å². The number of nitrogens with one attached hydrogen (secondary N) is 2. The predicted molar refractivity (Wildman–Crippen MR) is 77.4 cm³/mol. The largest absolute Gasteiger partial charge is 0.469 e. The zero-order valence-corrected chi connectivity index (χ0v) is 12.5. The van der Waals surface area contributed by atoms with Gasteiger partial charge >= 0.3 is 5.97 Å². The smallest absolute Gasteiger partial charge is 0.307 e. The Bertz CT molecular complexity index is 461. The number of esters is 1. The van der Waals surface area contributed by atoms with Gasteiger partial charge in [0.2, 0.25) is 5.91 Å². The molecular weight excluding hydrogens is 276 g/mol. The number of rotatable bonds is 5. The minimum Gasteiger partial charge on any atom is -0.469 e. The van der Waals surface area contributed by atoms with Gasteiger partial charge in [-0.15, -0.1) is 11.3 Å². The van der Waals surface area contributed by atoms with Crippen molar-refractivity contribution in [3.05, 3.63) is 22.4 Å². The first kappa shape index (κ1) is 15.0. The Hall–Kier alpha value is -1.40. The Morgan fingerprint density at radius 2 is 2.40 bits per heavy atom. The Kier molecular flexibility index (Phi) is 5.14. The molecule has 1 aliphatic rings. The number of methoxy groups -OCH3 is 1. The van der Waals surface area contributed by atoms with Crippen molar-refractivity contribution in [2.75, 3.05) is 13.7 Å². The molecule has 3 unspecified atom stereocenters. The average molecular weight is 296 g/mol. The molecule has 3 atom stereocenters. The molecule has 1 fully saturated rings. The molecular formula is C14H20N2O3S. The molecule has 1 aromatic heterocycles. The van der Waals surface area contributed by atoms with E-state index in [4.69, 9.17) is 4.74 Å². The maximum absolute atomic E-state index is 12.3. The molecule has 110 valence electrons. The van der Waals surface area contributed by atoms with Crippen LogP contribution in [0.25, 0.3) is 0 Å². The van der Waals surface area contributed by atoms with Crippen molar-refractivity contribution >= 4 is 23.2 Å². The number of amides is 1. The highest BCUT2D eigenvalue weighted by molar-refractivity contribution is 7.10. The van der Waals surface area contributed by atoms with E-state index in [0.717, 1.165) is 17.8 Å². The van der Waals surface area contributed by atoms with Crippen molar-refractivity contribution < 1.29 is 14.3 Å². The first-order valence-corrected chi connectivity index (χ1v) is 7.63. The van der Waals surface area contributed by atoms with E-state index in [1.165, 1.54) is 18.4 Å². The van der Waals surface area contributed by atoms with Crippen LogP contribution in [0.4, 0.5) is 0 Å². The number of carbonyl (C=O) groups excluding carboxylic acids is 2. The van der Waals surface area contributed by atoms with Gasteiger partial charge in [-0.05, 0) is 30.3 Å². The second-order valence-electron chi connectivity index (χ2n) is 5.05. The topological polar surface area (TPSA) is 67.4 Å². The zero-order valence-electron chi connectivity index (χ0n) is 11.7. The zero-order chi connectivity index (χ0) is 14.5. The molecule has 6 heteroatoms. The van der Waals surface area contributed by atoms with Crippen LogP contribution in [0.15, 0.2) is 17.5 Å². The Labute approximate surface area is 122 Å². The van der Waals surface area contributed by atoms with Gasteiger partial charge in [0.05, 0.1) is 25.6 Å². The van der Waals surface area contributed by atoms with Crippen molar-refractivity contribution in [1.29, 1.82) is 0 Å². The van der Waals surface area contributed by atoms with E-state index in [-0.39, 0.29) is 30.4 Å². The molecule has 0 aromatic carbocycles. The molecule has 0 spiro atoms. The van der Waals surface area contributed by atoms with Crippen LogP contribution in [-0.4, -0.2) is 31.6 Å². The number of hydrogen-bond acceptors (Lipinski definition) is 5. The third-order valence-electron chi connectivity index (χ3n) is 3.62. The maximum atomic E-state index is 12.3. The first-order valence-electron chi connectivity index (χ1n) is 6.75. The summed E-state index contributed by atoms with van der Waals surface area (Å²) in [6.45, 7) is 2.92. The van der Waals surface area contributed by atoms with Crippen molar-refractivity contribution in [2.24, 2.45) is 5.92 Å². The number of ether oxygens (including phenoxy) is 1. The highest BCUT2D eigenvalue weighted by Gasteiger charge is 2.31. The summed E-state index contributed by atoms with van der Waals surface area (Å²) in [7, 11) is 1.36. The van der Waals surface area contributed by atoms with Gasteiger partial charge in [0, 0.05) is 4.88 Å². The predicted octanol–water partition coefficient (Wildman–Crippen LogP) is 1.47. The van der Waals surface area contributed by atoms with E-state index in [1.54, 1.807) is 0 Å². The fourth-order valence-electron chi connectivity index (χ4n) is 2.41. The number of thiophene rings is 1. The van der Waals surface area contributed by atoms with Gasteiger partial charge in [0.25, 0.3) is 0 Å². The van der Waals surface area contributed by atoms with Crippen LogP contribution in [0.5, 0.6) is 0 Å². The van der Waals surface area contributed by atoms with E-state index in [0.29, 0.717) is 5.92 Å². The molecule has 0 radical (unpaired) electrons. The number of carbonyl (C=O) groups is 2. The quantitative estimate of drug-likeness (QED) is 0.807. The summed E-state index contributed by atoms with van der Waals surface area (Å²) < 4.78 is 4.71. The fraction of sp³-hybridized carbons (Fsp3) is 0.571. The highest BCUT2D eigenvalue weighted by atomic mass is 32.1. The summed E-state index contributed by atoms with van der Waals surface area (Å²) in [4.78, 5) is 24.8. The standard InChI is InChI=1S/C14H20N2O3S/c1-9-5-6-15-13(9)14(18)16-10(8-12(17)19-2)11-4-3-7-20-11/h3-4,7,9-10,13,15H,5-6,8H2,1-2H3,(H,16,18). The third kappa shape index (κ3) is 3.58. The lowest BCUT2D eigenvalue weighted by atomic mass is 10.0. The fourth-order valence-corrected chi connectivity index (χ4v) is 3.19. The summed E-state index contributed by atoms with van der Waals surface area (Å²) in [6.07, 6.45) is 1.16. The molecule has 2 N–H and O–H groups in total. The van der Waals surface area contributed by atoms with E-state index in [1.807, 2.05) is 17.5 Å². The summed E-state index contributed by atoms with van der Waals surface area (Å²) >= 11 is 1.53. The van der Waals surface area contributed by atoms with Crippen LogP contribution in [0, 0.1) is 5.92 Å². The molecule has 0 saturated carbocycles. The van der Waals surface area contributed by atoms with Gasteiger partial charge in [-0.2, -0.15) is 0 Å². The Balaban J connectivity index is 2.03. The molecule has 1 aliphatic heterocycles. The molecule has 20 heavy (non-hydrogen) atoms. The minimum absolute atomic E-state index is 0.0442. The van der Waals surface area contributed by atoms with Crippen LogP contribution in [0.2, 0.25) is 0 Å². The Morgan fingerprint density at radius 1 is 1.60 bits per heavy atom. The molecule has 2 rings (SSSR count). The van der Waals surface area contributed by atoms with Gasteiger partial charge in [0.15, 0.2) is 0 Å². The van der Waals surface area contributed by atoms with Crippen LogP contribution in [0.3, 0.4) is 0 Å². The van der Waals surface area contributed by atoms with Crippen molar-refractivity contribution in [3.8, 4) is 0 Å². The van der Waals surface area contributed by atoms with Gasteiger partial charge in [-0.3, -0.25) is 9.59 Å². The SMILES string of the molecule is COC(=O)CC(NC(=O)C1NCCC1C)c1cccs1. The molecule has 0 bridgehead atoms. The lowest BCUT2D eigenvalue weighted by Gasteiger charge is -2.21. The lowest BCUT2D eigenvalue weighted by Crippen LogP contribution is -2.44.